The average molecular weight is 290 g/mol. The minimum atomic E-state index is -0.276. The average Bonchev–Trinajstić information content (AvgIpc) is 2.49. The van der Waals surface area contributed by atoms with Gasteiger partial charge in [-0.15, -0.1) is 0 Å². The minimum Gasteiger partial charge on any atom is -0.465 e. The number of nitrogens with zero attached hydrogens (tertiary/aromatic N) is 1. The Hall–Kier alpha value is -1.39. The normalized spacial score (nSPS) is 19.7. The number of benzene rings is 1. The van der Waals surface area contributed by atoms with E-state index in [1.165, 1.54) is 19.1 Å². The van der Waals surface area contributed by atoms with Gasteiger partial charge in [-0.3, -0.25) is 4.90 Å². The zero-order valence-corrected chi connectivity index (χ0v) is 13.3. The van der Waals surface area contributed by atoms with Gasteiger partial charge in [-0.1, -0.05) is 26.0 Å². The van der Waals surface area contributed by atoms with Crippen LogP contribution < -0.4 is 5.32 Å². The number of methoxy groups -OCH3 is 1. The number of carbonyl (C=O) groups is 1. The molecule has 0 amide bonds. The van der Waals surface area contributed by atoms with Crippen LogP contribution in [0.5, 0.6) is 0 Å². The number of rotatable bonds is 5. The summed E-state index contributed by atoms with van der Waals surface area (Å²) in [5.41, 5.74) is 1.86. The zero-order valence-electron chi connectivity index (χ0n) is 13.3. The van der Waals surface area contributed by atoms with E-state index < -0.39 is 0 Å². The molecule has 1 aliphatic heterocycles. The number of piperazine rings is 1. The van der Waals surface area contributed by atoms with Gasteiger partial charge in [-0.05, 0) is 30.0 Å². The first-order chi connectivity index (χ1) is 10.1. The molecule has 1 saturated heterocycles. The van der Waals surface area contributed by atoms with E-state index in [9.17, 15) is 4.79 Å². The van der Waals surface area contributed by atoms with E-state index >= 15 is 0 Å². The zero-order chi connectivity index (χ0) is 15.2. The van der Waals surface area contributed by atoms with Crippen LogP contribution >= 0.6 is 0 Å². The molecule has 4 nitrogen and oxygen atoms in total. The molecule has 0 bridgehead atoms. The predicted molar refractivity (Wildman–Crippen MR) is 84.3 cm³/mol. The van der Waals surface area contributed by atoms with Crippen molar-refractivity contribution in [3.8, 4) is 0 Å². The molecule has 0 saturated carbocycles. The summed E-state index contributed by atoms with van der Waals surface area (Å²) in [5.74, 6) is 0.431. The Morgan fingerprint density at radius 2 is 2.10 bits per heavy atom. The third-order valence-electron chi connectivity index (χ3n) is 3.98. The highest BCUT2D eigenvalue weighted by Gasteiger charge is 2.22. The van der Waals surface area contributed by atoms with Gasteiger partial charge in [0.2, 0.25) is 0 Å². The van der Waals surface area contributed by atoms with Crippen LogP contribution in [0.4, 0.5) is 0 Å². The molecule has 4 heteroatoms. The van der Waals surface area contributed by atoms with E-state index in [1.54, 1.807) is 0 Å². The molecule has 0 spiro atoms. The number of hydrogen-bond acceptors (Lipinski definition) is 4. The van der Waals surface area contributed by atoms with Crippen molar-refractivity contribution in [3.63, 3.8) is 0 Å². The van der Waals surface area contributed by atoms with Crippen molar-refractivity contribution in [1.82, 2.24) is 10.2 Å². The van der Waals surface area contributed by atoms with Gasteiger partial charge in [-0.2, -0.15) is 0 Å². The maximum absolute atomic E-state index is 11.4. The van der Waals surface area contributed by atoms with E-state index in [1.807, 2.05) is 24.3 Å². The Labute approximate surface area is 127 Å². The summed E-state index contributed by atoms with van der Waals surface area (Å²) >= 11 is 0. The molecular weight excluding hydrogens is 264 g/mol. The third kappa shape index (κ3) is 4.55. The lowest BCUT2D eigenvalue weighted by Gasteiger charge is -2.37. The van der Waals surface area contributed by atoms with Crippen molar-refractivity contribution in [3.05, 3.63) is 35.4 Å². The highest BCUT2D eigenvalue weighted by Crippen LogP contribution is 2.17. The lowest BCUT2D eigenvalue weighted by atomic mass is 10.00. The summed E-state index contributed by atoms with van der Waals surface area (Å²) in [6.07, 6.45) is 1.22. The first kappa shape index (κ1) is 16.0. The maximum Gasteiger partial charge on any atom is 0.337 e. The molecule has 1 heterocycles. The summed E-state index contributed by atoms with van der Waals surface area (Å²) in [7, 11) is 1.41. The van der Waals surface area contributed by atoms with Gasteiger partial charge < -0.3 is 10.1 Å². The fraction of sp³-hybridized carbons (Fsp3) is 0.588. The van der Waals surface area contributed by atoms with Gasteiger partial charge >= 0.3 is 5.97 Å². The van der Waals surface area contributed by atoms with Gasteiger partial charge in [0, 0.05) is 32.2 Å². The van der Waals surface area contributed by atoms with E-state index in [4.69, 9.17) is 4.74 Å². The van der Waals surface area contributed by atoms with Gasteiger partial charge in [0.1, 0.15) is 0 Å². The van der Waals surface area contributed by atoms with Crippen LogP contribution in [0.1, 0.15) is 36.2 Å². The molecule has 1 N–H and O–H groups in total. The molecule has 0 aliphatic carbocycles. The highest BCUT2D eigenvalue weighted by atomic mass is 16.5. The lowest BCUT2D eigenvalue weighted by molar-refractivity contribution is 0.0600. The molecular formula is C17H26N2O2. The van der Waals surface area contributed by atoms with E-state index in [0.29, 0.717) is 17.5 Å². The number of ether oxygens (including phenoxy) is 1. The van der Waals surface area contributed by atoms with Gasteiger partial charge in [0.15, 0.2) is 0 Å². The number of esters is 1. The predicted octanol–water partition coefficient (Wildman–Crippen LogP) is 2.29. The van der Waals surface area contributed by atoms with Gasteiger partial charge in [0.25, 0.3) is 0 Å². The monoisotopic (exact) mass is 290 g/mol. The Morgan fingerprint density at radius 1 is 1.38 bits per heavy atom. The second kappa shape index (κ2) is 7.57. The molecule has 1 fully saturated rings. The SMILES string of the molecule is COC(=O)c1ccc(CN2CCNC[C@H]2CC(C)C)cc1. The first-order valence-corrected chi connectivity index (χ1v) is 7.72. The Kier molecular flexibility index (Phi) is 5.76. The number of nitrogens with one attached hydrogen (secondary N) is 1. The van der Waals surface area contributed by atoms with Gasteiger partial charge in [-0.25, -0.2) is 4.79 Å². The molecule has 1 aromatic carbocycles. The molecule has 116 valence electrons. The molecule has 1 aliphatic rings. The summed E-state index contributed by atoms with van der Waals surface area (Å²) in [6, 6.07) is 8.35. The molecule has 0 unspecified atom stereocenters. The van der Waals surface area contributed by atoms with Crippen LogP contribution in [-0.2, 0) is 11.3 Å². The van der Waals surface area contributed by atoms with Crippen LogP contribution in [0, 0.1) is 5.92 Å². The van der Waals surface area contributed by atoms with Gasteiger partial charge in [0.05, 0.1) is 12.7 Å². The van der Waals surface area contributed by atoms with Crippen molar-refractivity contribution in [1.29, 1.82) is 0 Å². The molecule has 2 rings (SSSR count). The summed E-state index contributed by atoms with van der Waals surface area (Å²) in [4.78, 5) is 14.0. The van der Waals surface area contributed by atoms with Crippen molar-refractivity contribution in [2.24, 2.45) is 5.92 Å². The topological polar surface area (TPSA) is 41.6 Å². The lowest BCUT2D eigenvalue weighted by Crippen LogP contribution is -2.51. The van der Waals surface area contributed by atoms with Crippen LogP contribution in [-0.4, -0.2) is 43.7 Å². The van der Waals surface area contributed by atoms with Crippen LogP contribution in [0.2, 0.25) is 0 Å². The molecule has 0 aromatic heterocycles. The molecule has 1 aromatic rings. The quantitative estimate of drug-likeness (QED) is 0.845. The largest absolute Gasteiger partial charge is 0.465 e. The molecule has 1 atom stereocenters. The summed E-state index contributed by atoms with van der Waals surface area (Å²) in [5, 5.41) is 3.48. The summed E-state index contributed by atoms with van der Waals surface area (Å²) in [6.45, 7) is 8.69. The van der Waals surface area contributed by atoms with Crippen molar-refractivity contribution >= 4 is 5.97 Å². The fourth-order valence-electron chi connectivity index (χ4n) is 2.89. The Bertz CT molecular complexity index is 456. The third-order valence-corrected chi connectivity index (χ3v) is 3.98. The standard InChI is InChI=1S/C17H26N2O2/c1-13(2)10-16-11-18-8-9-19(16)12-14-4-6-15(7-5-14)17(20)21-3/h4-7,13,16,18H,8-12H2,1-3H3/t16-/m1/s1. The summed E-state index contributed by atoms with van der Waals surface area (Å²) < 4.78 is 4.73. The van der Waals surface area contributed by atoms with Crippen molar-refractivity contribution in [2.75, 3.05) is 26.7 Å². The second-order valence-corrected chi connectivity index (χ2v) is 6.15. The number of carbonyl (C=O) groups excluding carboxylic acids is 1. The Balaban J connectivity index is 2.00. The molecule has 21 heavy (non-hydrogen) atoms. The molecule has 0 radical (unpaired) electrons. The minimum absolute atomic E-state index is 0.276. The smallest absolute Gasteiger partial charge is 0.337 e. The van der Waals surface area contributed by atoms with E-state index in [-0.39, 0.29) is 5.97 Å². The second-order valence-electron chi connectivity index (χ2n) is 6.15. The van der Waals surface area contributed by atoms with Crippen LogP contribution in [0.25, 0.3) is 0 Å². The van der Waals surface area contributed by atoms with Crippen LogP contribution in [0.3, 0.4) is 0 Å². The van der Waals surface area contributed by atoms with E-state index in [0.717, 1.165) is 26.2 Å². The van der Waals surface area contributed by atoms with Crippen molar-refractivity contribution in [2.45, 2.75) is 32.9 Å². The Morgan fingerprint density at radius 3 is 2.71 bits per heavy atom. The highest BCUT2D eigenvalue weighted by molar-refractivity contribution is 5.89. The first-order valence-electron chi connectivity index (χ1n) is 7.72. The van der Waals surface area contributed by atoms with E-state index in [2.05, 4.69) is 24.1 Å². The maximum atomic E-state index is 11.4. The van der Waals surface area contributed by atoms with Crippen molar-refractivity contribution < 1.29 is 9.53 Å². The fourth-order valence-corrected chi connectivity index (χ4v) is 2.89. The van der Waals surface area contributed by atoms with Crippen LogP contribution in [0.15, 0.2) is 24.3 Å². The number of hydrogen-bond donors (Lipinski definition) is 1.